The molecule has 0 aliphatic heterocycles. The zero-order chi connectivity index (χ0) is 22.2. The van der Waals surface area contributed by atoms with Crippen molar-refractivity contribution in [3.8, 4) is 0 Å². The van der Waals surface area contributed by atoms with Crippen molar-refractivity contribution in [2.45, 2.75) is 41.5 Å². The number of carbonyl (C=O) groups excluding carboxylic acids is 1. The van der Waals surface area contributed by atoms with Crippen LogP contribution in [0.1, 0.15) is 36.0 Å². The lowest BCUT2D eigenvalue weighted by Gasteiger charge is -2.23. The number of aryl methyl sites for hydroxylation is 1. The Bertz CT molecular complexity index is 1290. The van der Waals surface area contributed by atoms with Gasteiger partial charge in [0.05, 0.1) is 15.1 Å². The van der Waals surface area contributed by atoms with Crippen LogP contribution in [-0.2, 0) is 17.1 Å². The molecule has 1 heterocycles. The summed E-state index contributed by atoms with van der Waals surface area (Å²) < 4.78 is 30.2. The average molecular weight is 476 g/mol. The van der Waals surface area contributed by atoms with Crippen molar-refractivity contribution in [1.29, 1.82) is 0 Å². The monoisotopic (exact) mass is 475 g/mol. The summed E-state index contributed by atoms with van der Waals surface area (Å²) in [7, 11) is -0.0374. The van der Waals surface area contributed by atoms with E-state index >= 15 is 0 Å². The lowest BCUT2D eigenvalue weighted by molar-refractivity contribution is 0.0998. The van der Waals surface area contributed by atoms with Crippen LogP contribution in [0.4, 0.5) is 0 Å². The molecule has 1 amide bonds. The molecule has 2 aromatic carbocycles. The highest BCUT2D eigenvalue weighted by Crippen LogP contribution is 2.27. The fourth-order valence-electron chi connectivity index (χ4n) is 3.90. The Balaban J connectivity index is 1.60. The zero-order valence-electron chi connectivity index (χ0n) is 17.7. The molecule has 0 N–H and O–H groups in total. The predicted molar refractivity (Wildman–Crippen MR) is 126 cm³/mol. The number of rotatable bonds is 5. The second kappa shape index (κ2) is 8.90. The number of hydrogen-bond acceptors (Lipinski definition) is 5. The minimum atomic E-state index is -3.57. The van der Waals surface area contributed by atoms with Gasteiger partial charge in [-0.3, -0.25) is 4.79 Å². The number of thioether (sulfide) groups is 1. The molecule has 3 aromatic rings. The van der Waals surface area contributed by atoms with Crippen LogP contribution < -0.4 is 4.80 Å². The Morgan fingerprint density at radius 3 is 2.48 bits per heavy atom. The molecule has 0 bridgehead atoms. The van der Waals surface area contributed by atoms with Crippen molar-refractivity contribution in [3.63, 3.8) is 0 Å². The smallest absolute Gasteiger partial charge is 0.279 e. The SMILES string of the molecule is CSc1ccc2c(c1)sc(=NC(=O)c1ccc(S(=O)(=O)N(C)C3CCCC3)cc1)n2C. The minimum absolute atomic E-state index is 0.0564. The van der Waals surface area contributed by atoms with E-state index in [-0.39, 0.29) is 16.8 Å². The zero-order valence-corrected chi connectivity index (χ0v) is 20.2. The molecule has 0 atom stereocenters. The first-order valence-electron chi connectivity index (χ1n) is 10.1. The summed E-state index contributed by atoms with van der Waals surface area (Å²) in [6.45, 7) is 0. The Morgan fingerprint density at radius 1 is 1.16 bits per heavy atom. The van der Waals surface area contributed by atoms with E-state index in [2.05, 4.69) is 11.1 Å². The quantitative estimate of drug-likeness (QED) is 0.517. The summed E-state index contributed by atoms with van der Waals surface area (Å²) >= 11 is 3.13. The lowest BCUT2D eigenvalue weighted by atomic mass is 10.2. The van der Waals surface area contributed by atoms with Crippen LogP contribution in [0.15, 0.2) is 57.2 Å². The second-order valence-corrected chi connectivity index (χ2v) is 11.6. The van der Waals surface area contributed by atoms with Gasteiger partial charge < -0.3 is 4.57 Å². The van der Waals surface area contributed by atoms with Crippen molar-refractivity contribution in [3.05, 3.63) is 52.8 Å². The Kier molecular flexibility index (Phi) is 6.39. The van der Waals surface area contributed by atoms with Crippen molar-refractivity contribution >= 4 is 49.2 Å². The number of carbonyl (C=O) groups is 1. The standard InChI is InChI=1S/C22H25N3O3S3/c1-24-19-13-10-17(29-3)14-20(19)30-22(24)23-21(26)15-8-11-18(12-9-15)31(27,28)25(2)16-6-4-5-7-16/h8-14,16H,4-7H2,1-3H3. The third-order valence-electron chi connectivity index (χ3n) is 5.83. The van der Waals surface area contributed by atoms with Crippen LogP contribution in [0.25, 0.3) is 10.2 Å². The van der Waals surface area contributed by atoms with E-state index in [9.17, 15) is 13.2 Å². The highest BCUT2D eigenvalue weighted by Gasteiger charge is 2.30. The third kappa shape index (κ3) is 4.37. The van der Waals surface area contributed by atoms with Gasteiger partial charge in [-0.15, -0.1) is 11.8 Å². The Labute approximate surface area is 190 Å². The number of nitrogens with zero attached hydrogens (tertiary/aromatic N) is 3. The van der Waals surface area contributed by atoms with Gasteiger partial charge in [-0.1, -0.05) is 24.2 Å². The molecule has 1 saturated carbocycles. The summed E-state index contributed by atoms with van der Waals surface area (Å²) in [4.78, 5) is 19.0. The van der Waals surface area contributed by atoms with Gasteiger partial charge in [0, 0.05) is 30.6 Å². The van der Waals surface area contributed by atoms with Gasteiger partial charge in [-0.2, -0.15) is 9.30 Å². The Morgan fingerprint density at radius 2 is 1.84 bits per heavy atom. The topological polar surface area (TPSA) is 71.7 Å². The van der Waals surface area contributed by atoms with Crippen LogP contribution in [0, 0.1) is 0 Å². The Hall–Kier alpha value is -1.94. The van der Waals surface area contributed by atoms with Crippen molar-refractivity contribution < 1.29 is 13.2 Å². The van der Waals surface area contributed by atoms with Crippen molar-refractivity contribution in [2.24, 2.45) is 12.0 Å². The summed E-state index contributed by atoms with van der Waals surface area (Å²) in [6, 6.07) is 12.3. The normalized spacial score (nSPS) is 15.9. The number of sulfonamides is 1. The van der Waals surface area contributed by atoms with Crippen LogP contribution in [0.2, 0.25) is 0 Å². The highest BCUT2D eigenvalue weighted by molar-refractivity contribution is 7.98. The van der Waals surface area contributed by atoms with Gasteiger partial charge in [0.1, 0.15) is 0 Å². The predicted octanol–water partition coefficient (Wildman–Crippen LogP) is 4.27. The number of thiazole rings is 1. The molecule has 0 unspecified atom stereocenters. The van der Waals surface area contributed by atoms with Crippen LogP contribution >= 0.6 is 23.1 Å². The summed E-state index contributed by atoms with van der Waals surface area (Å²) in [5.74, 6) is -0.389. The van der Waals surface area contributed by atoms with Gasteiger partial charge in [0.25, 0.3) is 5.91 Å². The fourth-order valence-corrected chi connectivity index (χ4v) is 6.89. The van der Waals surface area contributed by atoms with E-state index in [1.54, 1.807) is 30.9 Å². The van der Waals surface area contributed by atoms with Gasteiger partial charge in [0.15, 0.2) is 4.80 Å². The largest absolute Gasteiger partial charge is 0.319 e. The molecule has 1 aromatic heterocycles. The van der Waals surface area contributed by atoms with Crippen molar-refractivity contribution in [1.82, 2.24) is 8.87 Å². The molecule has 6 nitrogen and oxygen atoms in total. The minimum Gasteiger partial charge on any atom is -0.319 e. The molecule has 0 radical (unpaired) electrons. The van der Waals surface area contributed by atoms with E-state index in [4.69, 9.17) is 0 Å². The molecule has 9 heteroatoms. The van der Waals surface area contributed by atoms with Gasteiger partial charge in [-0.25, -0.2) is 8.42 Å². The first kappa shape index (κ1) is 22.3. The van der Waals surface area contributed by atoms with Gasteiger partial charge >= 0.3 is 0 Å². The number of amides is 1. The number of benzene rings is 2. The maximum atomic E-state index is 12.9. The molecule has 1 fully saturated rings. The molecule has 0 spiro atoms. The molecular formula is C22H25N3O3S3. The molecule has 31 heavy (non-hydrogen) atoms. The first-order chi connectivity index (χ1) is 14.8. The van der Waals surface area contributed by atoms with Crippen LogP contribution in [0.5, 0.6) is 0 Å². The van der Waals surface area contributed by atoms with E-state index in [1.165, 1.54) is 27.8 Å². The average Bonchev–Trinajstić information content (AvgIpc) is 3.41. The second-order valence-electron chi connectivity index (χ2n) is 7.68. The molecular weight excluding hydrogens is 450 g/mol. The van der Waals surface area contributed by atoms with Gasteiger partial charge in [0.2, 0.25) is 10.0 Å². The summed E-state index contributed by atoms with van der Waals surface area (Å²) in [5.41, 5.74) is 1.38. The first-order valence-corrected chi connectivity index (χ1v) is 13.6. The molecule has 1 aliphatic carbocycles. The number of hydrogen-bond donors (Lipinski definition) is 0. The van der Waals surface area contributed by atoms with E-state index < -0.39 is 10.0 Å². The highest BCUT2D eigenvalue weighted by atomic mass is 32.2. The van der Waals surface area contributed by atoms with Crippen LogP contribution in [-0.4, -0.2) is 42.5 Å². The molecule has 1 aliphatic rings. The lowest BCUT2D eigenvalue weighted by Crippen LogP contribution is -2.35. The number of fused-ring (bicyclic) bond motifs is 1. The third-order valence-corrected chi connectivity index (χ3v) is 9.58. The molecule has 164 valence electrons. The molecule has 0 saturated heterocycles. The maximum absolute atomic E-state index is 12.9. The molecule has 4 rings (SSSR count). The van der Waals surface area contributed by atoms with Crippen molar-refractivity contribution in [2.75, 3.05) is 13.3 Å². The summed E-state index contributed by atoms with van der Waals surface area (Å²) in [5, 5.41) is 0. The fraction of sp³-hybridized carbons (Fsp3) is 0.364. The van der Waals surface area contributed by atoms with E-state index in [0.29, 0.717) is 10.4 Å². The van der Waals surface area contributed by atoms with E-state index in [1.807, 2.05) is 30.0 Å². The summed E-state index contributed by atoms with van der Waals surface area (Å²) in [6.07, 6.45) is 5.95. The maximum Gasteiger partial charge on any atom is 0.279 e. The van der Waals surface area contributed by atoms with E-state index in [0.717, 1.165) is 40.8 Å². The van der Waals surface area contributed by atoms with Crippen LogP contribution in [0.3, 0.4) is 0 Å². The number of aromatic nitrogens is 1. The van der Waals surface area contributed by atoms with Gasteiger partial charge in [-0.05, 0) is 61.6 Å².